The molecule has 0 bridgehead atoms. The largest absolute Gasteiger partial charge is 0.393 e. The molecule has 1 nitrogen and oxygen atoms in total. The Balaban J connectivity index is 1.68. The van der Waals surface area contributed by atoms with Gasteiger partial charge >= 0.3 is 0 Å². The van der Waals surface area contributed by atoms with Gasteiger partial charge in [0.1, 0.15) is 0 Å². The third-order valence-electron chi connectivity index (χ3n) is 5.83. The molecule has 0 heterocycles. The van der Waals surface area contributed by atoms with E-state index in [-0.39, 0.29) is 6.10 Å². The van der Waals surface area contributed by atoms with E-state index >= 15 is 0 Å². The van der Waals surface area contributed by atoms with Gasteiger partial charge in [-0.05, 0) is 73.8 Å². The summed E-state index contributed by atoms with van der Waals surface area (Å²) in [6, 6.07) is 9.00. The van der Waals surface area contributed by atoms with Crippen molar-refractivity contribution in [3.8, 4) is 0 Å². The number of aryl methyl sites for hydroxylation is 1. The second-order valence-electron chi connectivity index (χ2n) is 7.32. The molecule has 116 valence electrons. The lowest BCUT2D eigenvalue weighted by atomic mass is 9.71. The van der Waals surface area contributed by atoms with Crippen LogP contribution in [-0.2, 0) is 6.42 Å². The van der Waals surface area contributed by atoms with Gasteiger partial charge in [0.25, 0.3) is 0 Å². The van der Waals surface area contributed by atoms with Crippen molar-refractivity contribution in [1.29, 1.82) is 0 Å². The maximum atomic E-state index is 10.4. The maximum absolute atomic E-state index is 10.4. The van der Waals surface area contributed by atoms with E-state index in [1.807, 2.05) is 0 Å². The Labute approximate surface area is 129 Å². The zero-order valence-electron chi connectivity index (χ0n) is 13.4. The topological polar surface area (TPSA) is 20.2 Å². The normalized spacial score (nSPS) is 32.7. The molecule has 2 aliphatic carbocycles. The molecule has 4 atom stereocenters. The van der Waals surface area contributed by atoms with Crippen LogP contribution < -0.4 is 0 Å². The molecule has 0 radical (unpaired) electrons. The van der Waals surface area contributed by atoms with Gasteiger partial charge in [0, 0.05) is 0 Å². The zero-order chi connectivity index (χ0) is 14.7. The van der Waals surface area contributed by atoms with Gasteiger partial charge < -0.3 is 5.11 Å². The Hall–Kier alpha value is -0.820. The minimum absolute atomic E-state index is 0.0489. The van der Waals surface area contributed by atoms with Gasteiger partial charge in [0.05, 0.1) is 6.10 Å². The molecule has 2 aliphatic rings. The van der Waals surface area contributed by atoms with E-state index in [1.165, 1.54) is 51.4 Å². The summed E-state index contributed by atoms with van der Waals surface area (Å²) in [7, 11) is 0. The van der Waals surface area contributed by atoms with Crippen molar-refractivity contribution >= 4 is 0 Å². The van der Waals surface area contributed by atoms with Crippen LogP contribution in [0.15, 0.2) is 24.3 Å². The molecule has 21 heavy (non-hydrogen) atoms. The quantitative estimate of drug-likeness (QED) is 0.819. The zero-order valence-corrected chi connectivity index (χ0v) is 13.4. The summed E-state index contributed by atoms with van der Waals surface area (Å²) in [5, 5.41) is 10.4. The minimum Gasteiger partial charge on any atom is -0.393 e. The van der Waals surface area contributed by atoms with Crippen LogP contribution in [0.5, 0.6) is 0 Å². The Morgan fingerprint density at radius 1 is 1.14 bits per heavy atom. The molecule has 4 unspecified atom stereocenters. The first-order valence-corrected chi connectivity index (χ1v) is 9.03. The molecule has 0 aromatic heterocycles. The van der Waals surface area contributed by atoms with Gasteiger partial charge in [-0.1, -0.05) is 44.0 Å². The van der Waals surface area contributed by atoms with E-state index < -0.39 is 0 Å². The van der Waals surface area contributed by atoms with Crippen molar-refractivity contribution in [2.75, 3.05) is 0 Å². The molecule has 3 rings (SSSR count). The van der Waals surface area contributed by atoms with Gasteiger partial charge in [-0.3, -0.25) is 0 Å². The van der Waals surface area contributed by atoms with Gasteiger partial charge in [-0.2, -0.15) is 0 Å². The predicted molar refractivity (Wildman–Crippen MR) is 88.5 cm³/mol. The molecule has 0 amide bonds. The highest BCUT2D eigenvalue weighted by atomic mass is 16.3. The fraction of sp³-hybridized carbons (Fsp3) is 0.700. The molecule has 1 aromatic rings. The number of aliphatic hydroxyl groups is 1. The molecule has 1 saturated carbocycles. The first-order valence-electron chi connectivity index (χ1n) is 9.03. The monoisotopic (exact) mass is 286 g/mol. The number of rotatable bonds is 4. The third-order valence-corrected chi connectivity index (χ3v) is 5.83. The van der Waals surface area contributed by atoms with Gasteiger partial charge in [-0.25, -0.2) is 0 Å². The lowest BCUT2D eigenvalue weighted by Gasteiger charge is -2.37. The molecule has 1 N–H and O–H groups in total. The summed E-state index contributed by atoms with van der Waals surface area (Å²) in [6.45, 7) is 2.29. The Morgan fingerprint density at radius 2 is 2.00 bits per heavy atom. The van der Waals surface area contributed by atoms with Crippen LogP contribution >= 0.6 is 0 Å². The standard InChI is InChI=1S/C20H30O/c1-2-6-15-11-12-20(21)18(13-15)14-17-9-5-8-16-7-3-4-10-19(16)17/h3-4,7,10,15,17-18,20-21H,2,5-6,8-9,11-14H2,1H3. The van der Waals surface area contributed by atoms with Gasteiger partial charge in [0.15, 0.2) is 0 Å². The van der Waals surface area contributed by atoms with E-state index in [1.54, 1.807) is 11.1 Å². The average molecular weight is 286 g/mol. The Bertz CT molecular complexity index is 453. The highest BCUT2D eigenvalue weighted by molar-refractivity contribution is 5.32. The smallest absolute Gasteiger partial charge is 0.0568 e. The van der Waals surface area contributed by atoms with Crippen LogP contribution in [0.4, 0.5) is 0 Å². The number of hydrogen-bond donors (Lipinski definition) is 1. The summed E-state index contributed by atoms with van der Waals surface area (Å²) in [5.41, 5.74) is 3.14. The van der Waals surface area contributed by atoms with Crippen LogP contribution in [0.3, 0.4) is 0 Å². The van der Waals surface area contributed by atoms with Crippen LogP contribution in [0, 0.1) is 11.8 Å². The minimum atomic E-state index is -0.0489. The molecule has 1 heteroatoms. The summed E-state index contributed by atoms with van der Waals surface area (Å²) in [6.07, 6.45) is 11.2. The van der Waals surface area contributed by atoms with Crippen LogP contribution in [0.25, 0.3) is 0 Å². The van der Waals surface area contributed by atoms with Crippen molar-refractivity contribution in [3.05, 3.63) is 35.4 Å². The maximum Gasteiger partial charge on any atom is 0.0568 e. The van der Waals surface area contributed by atoms with E-state index in [4.69, 9.17) is 0 Å². The molecule has 1 aromatic carbocycles. The van der Waals surface area contributed by atoms with E-state index in [9.17, 15) is 5.11 Å². The number of hydrogen-bond acceptors (Lipinski definition) is 1. The number of aliphatic hydroxyl groups excluding tert-OH is 1. The second-order valence-corrected chi connectivity index (χ2v) is 7.32. The first kappa shape index (κ1) is 15.1. The van der Waals surface area contributed by atoms with Crippen molar-refractivity contribution in [2.24, 2.45) is 11.8 Å². The summed E-state index contributed by atoms with van der Waals surface area (Å²) in [4.78, 5) is 0. The SMILES string of the molecule is CCCC1CCC(O)C(CC2CCCc3ccccc32)C1. The summed E-state index contributed by atoms with van der Waals surface area (Å²) < 4.78 is 0. The Morgan fingerprint density at radius 3 is 2.86 bits per heavy atom. The molecular formula is C20H30O. The van der Waals surface area contributed by atoms with E-state index in [2.05, 4.69) is 31.2 Å². The highest BCUT2D eigenvalue weighted by Crippen LogP contribution is 2.41. The van der Waals surface area contributed by atoms with Crippen molar-refractivity contribution in [2.45, 2.75) is 76.7 Å². The second kappa shape index (κ2) is 6.96. The van der Waals surface area contributed by atoms with Gasteiger partial charge in [0.2, 0.25) is 0 Å². The fourth-order valence-corrected chi connectivity index (χ4v) is 4.73. The van der Waals surface area contributed by atoms with Crippen molar-refractivity contribution in [1.82, 2.24) is 0 Å². The molecular weight excluding hydrogens is 256 g/mol. The first-order chi connectivity index (χ1) is 10.3. The predicted octanol–water partition coefficient (Wildman–Crippen LogP) is 5.07. The molecule has 0 spiro atoms. The summed E-state index contributed by atoms with van der Waals surface area (Å²) >= 11 is 0. The Kier molecular flexibility index (Phi) is 5.00. The molecule has 0 aliphatic heterocycles. The van der Waals surface area contributed by atoms with Crippen LogP contribution in [0.2, 0.25) is 0 Å². The highest BCUT2D eigenvalue weighted by Gasteiger charge is 2.32. The molecule has 1 fully saturated rings. The van der Waals surface area contributed by atoms with Crippen LogP contribution in [0.1, 0.15) is 75.3 Å². The fourth-order valence-electron chi connectivity index (χ4n) is 4.73. The lowest BCUT2D eigenvalue weighted by Crippen LogP contribution is -2.31. The lowest BCUT2D eigenvalue weighted by molar-refractivity contribution is 0.0373. The van der Waals surface area contributed by atoms with Gasteiger partial charge in [-0.15, -0.1) is 0 Å². The van der Waals surface area contributed by atoms with Crippen molar-refractivity contribution < 1.29 is 5.11 Å². The van der Waals surface area contributed by atoms with Crippen molar-refractivity contribution in [3.63, 3.8) is 0 Å². The van der Waals surface area contributed by atoms with Crippen LogP contribution in [-0.4, -0.2) is 11.2 Å². The summed E-state index contributed by atoms with van der Waals surface area (Å²) in [5.74, 6) is 2.09. The van der Waals surface area contributed by atoms with E-state index in [0.29, 0.717) is 11.8 Å². The average Bonchev–Trinajstić information content (AvgIpc) is 2.51. The number of benzene rings is 1. The van der Waals surface area contributed by atoms with E-state index in [0.717, 1.165) is 12.3 Å². The number of fused-ring (bicyclic) bond motifs is 1. The third kappa shape index (κ3) is 3.51. The molecule has 0 saturated heterocycles.